The summed E-state index contributed by atoms with van der Waals surface area (Å²) in [7, 11) is 1.81. The van der Waals surface area contributed by atoms with E-state index in [4.69, 9.17) is 0 Å². The summed E-state index contributed by atoms with van der Waals surface area (Å²) in [6, 6.07) is 12.0. The van der Waals surface area contributed by atoms with Gasteiger partial charge in [0, 0.05) is 18.7 Å². The molecule has 4 heteroatoms. The van der Waals surface area contributed by atoms with Crippen molar-refractivity contribution in [3.63, 3.8) is 0 Å². The van der Waals surface area contributed by atoms with E-state index in [0.717, 1.165) is 22.9 Å². The predicted octanol–water partition coefficient (Wildman–Crippen LogP) is 2.00. The summed E-state index contributed by atoms with van der Waals surface area (Å²) in [4.78, 5) is 8.67. The third kappa shape index (κ3) is 2.35. The van der Waals surface area contributed by atoms with E-state index in [9.17, 15) is 0 Å². The maximum absolute atomic E-state index is 4.41. The molecule has 0 aliphatic rings. The fourth-order valence-corrected chi connectivity index (χ4v) is 1.52. The van der Waals surface area contributed by atoms with Crippen LogP contribution in [0.5, 0.6) is 0 Å². The molecule has 0 aliphatic heterocycles. The molecular formula is C12H14N4. The Morgan fingerprint density at radius 1 is 1.06 bits per heavy atom. The van der Waals surface area contributed by atoms with Crippen LogP contribution in [0.25, 0.3) is 11.3 Å². The summed E-state index contributed by atoms with van der Waals surface area (Å²) >= 11 is 0. The molecule has 0 fully saturated rings. The van der Waals surface area contributed by atoms with Crippen LogP contribution in [0.1, 0.15) is 5.82 Å². The van der Waals surface area contributed by atoms with Crippen LogP contribution in [0.2, 0.25) is 0 Å². The average molecular weight is 214 g/mol. The molecule has 0 aliphatic carbocycles. The van der Waals surface area contributed by atoms with Crippen molar-refractivity contribution in [2.24, 2.45) is 0 Å². The minimum absolute atomic E-state index is 0.749. The van der Waals surface area contributed by atoms with Crippen LogP contribution in [0.4, 0.5) is 5.82 Å². The largest absolute Gasteiger partial charge is 0.306 e. The zero-order valence-corrected chi connectivity index (χ0v) is 9.36. The highest BCUT2D eigenvalue weighted by molar-refractivity contribution is 5.62. The topological polar surface area (TPSA) is 49.8 Å². The van der Waals surface area contributed by atoms with Crippen molar-refractivity contribution in [2.45, 2.75) is 6.92 Å². The van der Waals surface area contributed by atoms with Gasteiger partial charge >= 0.3 is 0 Å². The Morgan fingerprint density at radius 3 is 2.50 bits per heavy atom. The molecule has 16 heavy (non-hydrogen) atoms. The second-order valence-electron chi connectivity index (χ2n) is 3.43. The van der Waals surface area contributed by atoms with Gasteiger partial charge in [-0.2, -0.15) is 0 Å². The number of aromatic nitrogens is 2. The first-order valence-corrected chi connectivity index (χ1v) is 5.13. The van der Waals surface area contributed by atoms with Crippen molar-refractivity contribution >= 4 is 5.82 Å². The monoisotopic (exact) mass is 214 g/mol. The van der Waals surface area contributed by atoms with E-state index in [1.165, 1.54) is 0 Å². The van der Waals surface area contributed by atoms with Crippen LogP contribution in [0.15, 0.2) is 36.4 Å². The maximum Gasteiger partial charge on any atom is 0.144 e. The van der Waals surface area contributed by atoms with Gasteiger partial charge in [0.1, 0.15) is 11.6 Å². The van der Waals surface area contributed by atoms with E-state index in [1.54, 1.807) is 7.05 Å². The zero-order valence-electron chi connectivity index (χ0n) is 9.36. The second-order valence-corrected chi connectivity index (χ2v) is 3.43. The molecule has 2 rings (SSSR count). The summed E-state index contributed by atoms with van der Waals surface area (Å²) in [5, 5.41) is 0. The van der Waals surface area contributed by atoms with Crippen LogP contribution >= 0.6 is 0 Å². The van der Waals surface area contributed by atoms with Crippen LogP contribution in [-0.2, 0) is 0 Å². The first kappa shape index (κ1) is 10.6. The number of hydrogen-bond donors (Lipinski definition) is 2. The number of nitrogens with one attached hydrogen (secondary N) is 2. The molecule has 0 amide bonds. The smallest absolute Gasteiger partial charge is 0.144 e. The molecule has 82 valence electrons. The molecule has 1 aromatic carbocycles. The van der Waals surface area contributed by atoms with Crippen LogP contribution in [-0.4, -0.2) is 17.0 Å². The SMILES string of the molecule is CNNc1cc(-c2ccccc2)nc(C)n1. The van der Waals surface area contributed by atoms with Gasteiger partial charge in [-0.15, -0.1) is 0 Å². The van der Waals surface area contributed by atoms with Gasteiger partial charge in [0.05, 0.1) is 5.69 Å². The third-order valence-electron chi connectivity index (χ3n) is 2.16. The lowest BCUT2D eigenvalue weighted by Crippen LogP contribution is -2.16. The molecule has 2 N–H and O–H groups in total. The first-order valence-electron chi connectivity index (χ1n) is 5.13. The molecule has 0 unspecified atom stereocenters. The van der Waals surface area contributed by atoms with Crippen molar-refractivity contribution in [2.75, 3.05) is 12.5 Å². The second kappa shape index (κ2) is 4.72. The lowest BCUT2D eigenvalue weighted by atomic mass is 10.1. The molecule has 0 saturated heterocycles. The van der Waals surface area contributed by atoms with Gasteiger partial charge in [-0.25, -0.2) is 15.4 Å². The molecule has 2 aromatic rings. The van der Waals surface area contributed by atoms with Crippen LogP contribution < -0.4 is 10.9 Å². The van der Waals surface area contributed by atoms with Gasteiger partial charge in [0.25, 0.3) is 0 Å². The third-order valence-corrected chi connectivity index (χ3v) is 2.16. The number of rotatable bonds is 3. The molecule has 0 radical (unpaired) electrons. The predicted molar refractivity (Wildman–Crippen MR) is 64.9 cm³/mol. The summed E-state index contributed by atoms with van der Waals surface area (Å²) in [5.41, 5.74) is 7.82. The first-order chi connectivity index (χ1) is 7.79. The van der Waals surface area contributed by atoms with E-state index in [-0.39, 0.29) is 0 Å². The van der Waals surface area contributed by atoms with E-state index < -0.39 is 0 Å². The standard InChI is InChI=1S/C12H14N4/c1-9-14-11(8-12(15-9)16-13-2)10-6-4-3-5-7-10/h3-8,13H,1-2H3,(H,14,15,16). The van der Waals surface area contributed by atoms with Gasteiger partial charge in [-0.1, -0.05) is 30.3 Å². The van der Waals surface area contributed by atoms with Crippen molar-refractivity contribution in [1.82, 2.24) is 15.4 Å². The highest BCUT2D eigenvalue weighted by atomic mass is 15.4. The van der Waals surface area contributed by atoms with Gasteiger partial charge < -0.3 is 5.43 Å². The molecule has 0 saturated carbocycles. The van der Waals surface area contributed by atoms with E-state index >= 15 is 0 Å². The highest BCUT2D eigenvalue weighted by Gasteiger charge is 2.02. The number of aryl methyl sites for hydroxylation is 1. The van der Waals surface area contributed by atoms with E-state index in [2.05, 4.69) is 20.8 Å². The Labute approximate surface area is 94.7 Å². The van der Waals surface area contributed by atoms with Crippen molar-refractivity contribution in [3.8, 4) is 11.3 Å². The van der Waals surface area contributed by atoms with E-state index in [0.29, 0.717) is 0 Å². The fraction of sp³-hybridized carbons (Fsp3) is 0.167. The fourth-order valence-electron chi connectivity index (χ4n) is 1.52. The van der Waals surface area contributed by atoms with Gasteiger partial charge in [0.2, 0.25) is 0 Å². The summed E-state index contributed by atoms with van der Waals surface area (Å²) in [6.45, 7) is 1.88. The summed E-state index contributed by atoms with van der Waals surface area (Å²) < 4.78 is 0. The quantitative estimate of drug-likeness (QED) is 0.767. The molecule has 1 aromatic heterocycles. The zero-order chi connectivity index (χ0) is 11.4. The molecule has 0 atom stereocenters. The van der Waals surface area contributed by atoms with Crippen LogP contribution in [0, 0.1) is 6.92 Å². The number of anilines is 1. The van der Waals surface area contributed by atoms with Crippen molar-refractivity contribution in [1.29, 1.82) is 0 Å². The van der Waals surface area contributed by atoms with E-state index in [1.807, 2.05) is 43.3 Å². The number of benzene rings is 1. The van der Waals surface area contributed by atoms with Crippen molar-refractivity contribution < 1.29 is 0 Å². The molecule has 0 spiro atoms. The Balaban J connectivity index is 2.41. The Morgan fingerprint density at radius 2 is 1.81 bits per heavy atom. The lowest BCUT2D eigenvalue weighted by molar-refractivity contribution is 0.944. The summed E-state index contributed by atoms with van der Waals surface area (Å²) in [5.74, 6) is 1.52. The maximum atomic E-state index is 4.41. The number of nitrogens with zero attached hydrogens (tertiary/aromatic N) is 2. The highest BCUT2D eigenvalue weighted by Crippen LogP contribution is 2.18. The molecule has 0 bridgehead atoms. The number of hydrogen-bond acceptors (Lipinski definition) is 4. The minimum atomic E-state index is 0.749. The van der Waals surface area contributed by atoms with Gasteiger partial charge in [-0.3, -0.25) is 0 Å². The van der Waals surface area contributed by atoms with Crippen LogP contribution in [0.3, 0.4) is 0 Å². The lowest BCUT2D eigenvalue weighted by Gasteiger charge is -2.07. The molecule has 1 heterocycles. The Hall–Kier alpha value is -1.94. The van der Waals surface area contributed by atoms with Gasteiger partial charge in [0.15, 0.2) is 0 Å². The minimum Gasteiger partial charge on any atom is -0.306 e. The van der Waals surface area contributed by atoms with Gasteiger partial charge in [-0.05, 0) is 6.92 Å². The van der Waals surface area contributed by atoms with Crippen molar-refractivity contribution in [3.05, 3.63) is 42.2 Å². The average Bonchev–Trinajstić information content (AvgIpc) is 2.30. The molecule has 4 nitrogen and oxygen atoms in total. The Kier molecular flexibility index (Phi) is 3.12. The normalized spacial score (nSPS) is 10.1. The summed E-state index contributed by atoms with van der Waals surface area (Å²) in [6.07, 6.45) is 0. The number of hydrazine groups is 1. The Bertz CT molecular complexity index is 468. The molecular weight excluding hydrogens is 200 g/mol.